The van der Waals surface area contributed by atoms with Crippen molar-refractivity contribution in [3.05, 3.63) is 70.4 Å². The lowest BCUT2D eigenvalue weighted by atomic mass is 10.0. The first-order valence-corrected chi connectivity index (χ1v) is 9.11. The number of primary amides is 1. The number of rotatable bonds is 6. The molecule has 1 aromatic carbocycles. The number of benzene rings is 1. The van der Waals surface area contributed by atoms with Crippen molar-refractivity contribution in [3.8, 4) is 10.4 Å². The van der Waals surface area contributed by atoms with E-state index in [0.717, 1.165) is 35.5 Å². The Morgan fingerprint density at radius 3 is 2.50 bits per heavy atom. The van der Waals surface area contributed by atoms with Gasteiger partial charge in [-0.1, -0.05) is 49.7 Å². The third-order valence-corrected chi connectivity index (χ3v) is 5.20. The summed E-state index contributed by atoms with van der Waals surface area (Å²) in [7, 11) is 0. The molecule has 3 rings (SSSR count). The monoisotopic (exact) mass is 338 g/mol. The maximum atomic E-state index is 12.2. The van der Waals surface area contributed by atoms with Crippen molar-refractivity contribution in [2.45, 2.75) is 33.2 Å². The Morgan fingerprint density at radius 2 is 1.92 bits per heavy atom. The number of carbonyl (C=O) groups is 1. The number of nitrogens with two attached hydrogens (primary N) is 1. The summed E-state index contributed by atoms with van der Waals surface area (Å²) < 4.78 is 2.26. The van der Waals surface area contributed by atoms with Crippen LogP contribution >= 0.6 is 11.3 Å². The molecule has 0 radical (unpaired) electrons. The Morgan fingerprint density at radius 1 is 1.17 bits per heavy atom. The minimum atomic E-state index is -0.347. The van der Waals surface area contributed by atoms with Gasteiger partial charge in [-0.25, -0.2) is 0 Å². The second-order valence-corrected chi connectivity index (χ2v) is 6.89. The Hall–Kier alpha value is -2.33. The van der Waals surface area contributed by atoms with Crippen LogP contribution in [0.4, 0.5) is 0 Å². The van der Waals surface area contributed by atoms with Crippen molar-refractivity contribution in [2.75, 3.05) is 0 Å². The van der Waals surface area contributed by atoms with Gasteiger partial charge in [-0.2, -0.15) is 0 Å². The highest BCUT2D eigenvalue weighted by Gasteiger charge is 2.24. The zero-order valence-electron chi connectivity index (χ0n) is 14.1. The van der Waals surface area contributed by atoms with Crippen LogP contribution in [0.15, 0.2) is 47.8 Å². The number of aromatic nitrogens is 1. The van der Waals surface area contributed by atoms with Crippen LogP contribution in [0.1, 0.15) is 40.7 Å². The molecule has 2 N–H and O–H groups in total. The van der Waals surface area contributed by atoms with Gasteiger partial charge in [-0.15, -0.1) is 11.3 Å². The number of nitrogens with zero attached hydrogens (tertiary/aromatic N) is 1. The van der Waals surface area contributed by atoms with E-state index >= 15 is 0 Å². The molecule has 0 aliphatic heterocycles. The second-order valence-electron chi connectivity index (χ2n) is 5.95. The van der Waals surface area contributed by atoms with E-state index in [9.17, 15) is 4.79 Å². The molecule has 0 unspecified atom stereocenters. The molecule has 2 heterocycles. The van der Waals surface area contributed by atoms with E-state index in [0.29, 0.717) is 5.56 Å². The molecule has 0 atom stereocenters. The molecule has 0 saturated carbocycles. The first-order valence-electron chi connectivity index (χ1n) is 8.23. The molecule has 0 aliphatic carbocycles. The van der Waals surface area contributed by atoms with Gasteiger partial charge < -0.3 is 10.3 Å². The molecule has 0 bridgehead atoms. The summed E-state index contributed by atoms with van der Waals surface area (Å²) in [6.07, 6.45) is 1.95. The molecule has 3 aromatic rings. The van der Waals surface area contributed by atoms with Gasteiger partial charge >= 0.3 is 0 Å². The summed E-state index contributed by atoms with van der Waals surface area (Å²) in [6, 6.07) is 14.4. The van der Waals surface area contributed by atoms with Crippen LogP contribution in [-0.4, -0.2) is 10.5 Å². The van der Waals surface area contributed by atoms with Crippen molar-refractivity contribution in [1.82, 2.24) is 4.57 Å². The molecule has 0 aliphatic rings. The largest absolute Gasteiger partial charge is 0.366 e. The Labute approximate surface area is 146 Å². The molecule has 24 heavy (non-hydrogen) atoms. The van der Waals surface area contributed by atoms with Crippen LogP contribution in [0.25, 0.3) is 10.4 Å². The zero-order valence-corrected chi connectivity index (χ0v) is 14.9. The molecule has 1 amide bonds. The quantitative estimate of drug-likeness (QED) is 0.700. The van der Waals surface area contributed by atoms with Crippen LogP contribution in [0.2, 0.25) is 0 Å². The fourth-order valence-corrected chi connectivity index (χ4v) is 4.06. The van der Waals surface area contributed by atoms with Gasteiger partial charge in [-0.3, -0.25) is 4.79 Å². The van der Waals surface area contributed by atoms with Gasteiger partial charge in [0.05, 0.1) is 5.56 Å². The molecular weight excluding hydrogens is 316 g/mol. The fraction of sp³-hybridized carbons (Fsp3) is 0.250. The van der Waals surface area contributed by atoms with E-state index in [1.807, 2.05) is 36.6 Å². The standard InChI is InChI=1S/C20H22N2OS/c1-3-8-16-19(17-11-7-12-24-17)18(20(21)23)14(2)22(16)13-15-9-5-4-6-10-15/h4-7,9-12H,3,8,13H2,1-2H3,(H2,21,23). The maximum Gasteiger partial charge on any atom is 0.251 e. The minimum absolute atomic E-state index is 0.347. The summed E-state index contributed by atoms with van der Waals surface area (Å²) in [5.74, 6) is -0.347. The normalized spacial score (nSPS) is 10.9. The summed E-state index contributed by atoms with van der Waals surface area (Å²) in [6.45, 7) is 4.92. The molecule has 124 valence electrons. The first kappa shape index (κ1) is 16.5. The number of carbonyl (C=O) groups excluding carboxylic acids is 1. The van der Waals surface area contributed by atoms with Gasteiger partial charge in [-0.05, 0) is 30.4 Å². The summed E-state index contributed by atoms with van der Waals surface area (Å²) in [5, 5.41) is 2.04. The first-order chi connectivity index (χ1) is 11.6. The Kier molecular flexibility index (Phi) is 4.86. The van der Waals surface area contributed by atoms with E-state index < -0.39 is 0 Å². The lowest BCUT2D eigenvalue weighted by Gasteiger charge is -2.12. The lowest BCUT2D eigenvalue weighted by Crippen LogP contribution is -2.13. The van der Waals surface area contributed by atoms with Crippen LogP contribution in [0.5, 0.6) is 0 Å². The number of amides is 1. The summed E-state index contributed by atoms with van der Waals surface area (Å²) in [4.78, 5) is 13.3. The van der Waals surface area contributed by atoms with Gasteiger partial charge in [0, 0.05) is 28.4 Å². The number of thiophene rings is 1. The summed E-state index contributed by atoms with van der Waals surface area (Å²) >= 11 is 1.65. The predicted octanol–water partition coefficient (Wildman–Crippen LogP) is 4.62. The van der Waals surface area contributed by atoms with Crippen molar-refractivity contribution >= 4 is 17.2 Å². The van der Waals surface area contributed by atoms with E-state index in [-0.39, 0.29) is 5.91 Å². The smallest absolute Gasteiger partial charge is 0.251 e. The predicted molar refractivity (Wildman–Crippen MR) is 101 cm³/mol. The molecule has 4 heteroatoms. The van der Waals surface area contributed by atoms with Crippen molar-refractivity contribution in [2.24, 2.45) is 5.73 Å². The van der Waals surface area contributed by atoms with Crippen molar-refractivity contribution in [3.63, 3.8) is 0 Å². The number of hydrogen-bond acceptors (Lipinski definition) is 2. The van der Waals surface area contributed by atoms with Crippen LogP contribution in [0.3, 0.4) is 0 Å². The van der Waals surface area contributed by atoms with Gasteiger partial charge in [0.1, 0.15) is 0 Å². The van der Waals surface area contributed by atoms with Crippen LogP contribution in [-0.2, 0) is 13.0 Å². The Bertz CT molecular complexity index is 832. The fourth-order valence-electron chi connectivity index (χ4n) is 3.26. The van der Waals surface area contributed by atoms with Crippen molar-refractivity contribution in [1.29, 1.82) is 0 Å². The lowest BCUT2D eigenvalue weighted by molar-refractivity contribution is 0.1000. The van der Waals surface area contributed by atoms with E-state index in [4.69, 9.17) is 5.73 Å². The van der Waals surface area contributed by atoms with Crippen LogP contribution in [0, 0.1) is 6.92 Å². The minimum Gasteiger partial charge on any atom is -0.366 e. The van der Waals surface area contributed by atoms with Crippen LogP contribution < -0.4 is 5.73 Å². The molecule has 0 fully saturated rings. The topological polar surface area (TPSA) is 48.0 Å². The maximum absolute atomic E-state index is 12.2. The van der Waals surface area contributed by atoms with Gasteiger partial charge in [0.2, 0.25) is 0 Å². The average molecular weight is 338 g/mol. The molecule has 0 spiro atoms. The molecule has 2 aromatic heterocycles. The highest BCUT2D eigenvalue weighted by atomic mass is 32.1. The average Bonchev–Trinajstić information content (AvgIpc) is 3.18. The third-order valence-electron chi connectivity index (χ3n) is 4.32. The third kappa shape index (κ3) is 3.02. The van der Waals surface area contributed by atoms with Gasteiger partial charge in [0.15, 0.2) is 0 Å². The SMILES string of the molecule is CCCc1c(-c2cccs2)c(C(N)=O)c(C)n1Cc1ccccc1. The molecule has 3 nitrogen and oxygen atoms in total. The van der Waals surface area contributed by atoms with E-state index in [2.05, 4.69) is 29.7 Å². The molecule has 0 saturated heterocycles. The zero-order chi connectivity index (χ0) is 17.1. The van der Waals surface area contributed by atoms with Gasteiger partial charge in [0.25, 0.3) is 5.91 Å². The van der Waals surface area contributed by atoms with Crippen molar-refractivity contribution < 1.29 is 4.79 Å². The second kappa shape index (κ2) is 7.05. The Balaban J connectivity index is 2.21. The summed E-state index contributed by atoms with van der Waals surface area (Å²) in [5.41, 5.74) is 10.8. The number of hydrogen-bond donors (Lipinski definition) is 1. The highest BCUT2D eigenvalue weighted by Crippen LogP contribution is 2.36. The highest BCUT2D eigenvalue weighted by molar-refractivity contribution is 7.13. The molecular formula is C20H22N2OS. The van der Waals surface area contributed by atoms with E-state index in [1.54, 1.807) is 11.3 Å². The van der Waals surface area contributed by atoms with E-state index in [1.165, 1.54) is 11.3 Å².